The number of aliphatic hydroxyl groups excluding tert-OH is 1. The summed E-state index contributed by atoms with van der Waals surface area (Å²) in [6.07, 6.45) is 0. The lowest BCUT2D eigenvalue weighted by molar-refractivity contribution is 0.218. The van der Waals surface area contributed by atoms with Gasteiger partial charge in [0.25, 0.3) is 0 Å². The van der Waals surface area contributed by atoms with Gasteiger partial charge in [-0.2, -0.15) is 0 Å². The van der Waals surface area contributed by atoms with E-state index in [0.717, 1.165) is 11.3 Å². The Balaban J connectivity index is 3.39. The van der Waals surface area contributed by atoms with Crippen molar-refractivity contribution < 1.29 is 9.84 Å². The summed E-state index contributed by atoms with van der Waals surface area (Å²) in [5.41, 5.74) is 3.31. The van der Waals surface area contributed by atoms with Crippen LogP contribution in [0.5, 0.6) is 5.75 Å². The van der Waals surface area contributed by atoms with Gasteiger partial charge < -0.3 is 9.84 Å². The molecule has 1 aromatic carbocycles. The molecule has 0 aliphatic rings. The predicted octanol–water partition coefficient (Wildman–Crippen LogP) is 3.40. The quantitative estimate of drug-likeness (QED) is 0.868. The van der Waals surface area contributed by atoms with Crippen molar-refractivity contribution in [3.05, 3.63) is 28.8 Å². The van der Waals surface area contributed by atoms with Gasteiger partial charge in [-0.15, -0.1) is 0 Å². The van der Waals surface area contributed by atoms with Gasteiger partial charge in [-0.05, 0) is 29.5 Å². The van der Waals surface area contributed by atoms with E-state index >= 15 is 0 Å². The van der Waals surface area contributed by atoms with Crippen molar-refractivity contribution in [3.63, 3.8) is 0 Å². The van der Waals surface area contributed by atoms with Crippen molar-refractivity contribution in [1.82, 2.24) is 0 Å². The van der Waals surface area contributed by atoms with E-state index in [1.165, 1.54) is 11.1 Å². The van der Waals surface area contributed by atoms with Crippen LogP contribution in [0.3, 0.4) is 0 Å². The molecule has 0 amide bonds. The van der Waals surface area contributed by atoms with Gasteiger partial charge in [0.15, 0.2) is 0 Å². The molecular formula is C15H24O2. The summed E-state index contributed by atoms with van der Waals surface area (Å²) in [5.74, 6) is 1.38. The molecule has 1 aromatic rings. The minimum absolute atomic E-state index is 0.149. The van der Waals surface area contributed by atoms with Gasteiger partial charge in [-0.25, -0.2) is 0 Å². The van der Waals surface area contributed by atoms with Crippen LogP contribution in [-0.4, -0.2) is 18.8 Å². The maximum atomic E-state index is 9.46. The van der Waals surface area contributed by atoms with Crippen LogP contribution in [0.1, 0.15) is 50.3 Å². The lowest BCUT2D eigenvalue weighted by Crippen LogP contribution is -2.22. The van der Waals surface area contributed by atoms with E-state index in [1.54, 1.807) is 7.11 Å². The zero-order valence-electron chi connectivity index (χ0n) is 11.8. The minimum atomic E-state index is -0.208. The molecule has 0 saturated heterocycles. The first-order valence-corrected chi connectivity index (χ1v) is 6.13. The predicted molar refractivity (Wildman–Crippen MR) is 71.9 cm³/mol. The molecule has 0 radical (unpaired) electrons. The second-order valence-corrected chi connectivity index (χ2v) is 5.61. The molecule has 0 atom stereocenters. The number of aliphatic hydroxyl groups is 1. The third-order valence-electron chi connectivity index (χ3n) is 3.31. The van der Waals surface area contributed by atoms with E-state index in [2.05, 4.69) is 46.8 Å². The highest BCUT2D eigenvalue weighted by molar-refractivity contribution is 5.47. The third kappa shape index (κ3) is 2.81. The minimum Gasteiger partial charge on any atom is -0.496 e. The number of hydrogen-bond acceptors (Lipinski definition) is 2. The van der Waals surface area contributed by atoms with Crippen LogP contribution >= 0.6 is 0 Å². The molecule has 1 N–H and O–H groups in total. The number of ether oxygens (including phenoxy) is 1. The zero-order valence-corrected chi connectivity index (χ0v) is 11.8. The molecule has 0 unspecified atom stereocenters. The van der Waals surface area contributed by atoms with E-state index < -0.39 is 0 Å². The van der Waals surface area contributed by atoms with Crippen LogP contribution in [0.2, 0.25) is 0 Å². The van der Waals surface area contributed by atoms with E-state index in [9.17, 15) is 5.11 Å². The Bertz CT molecular complexity index is 392. The zero-order chi connectivity index (χ0) is 13.2. The third-order valence-corrected chi connectivity index (χ3v) is 3.31. The second kappa shape index (κ2) is 5.09. The van der Waals surface area contributed by atoms with E-state index in [0.29, 0.717) is 5.92 Å². The summed E-state index contributed by atoms with van der Waals surface area (Å²) in [4.78, 5) is 0. The average molecular weight is 236 g/mol. The van der Waals surface area contributed by atoms with E-state index in [4.69, 9.17) is 4.74 Å². The van der Waals surface area contributed by atoms with Crippen LogP contribution in [0.15, 0.2) is 12.1 Å². The number of rotatable bonds is 4. The topological polar surface area (TPSA) is 29.5 Å². The SMILES string of the molecule is COc1c(C)cc(C(C)(C)CO)cc1C(C)C. The van der Waals surface area contributed by atoms with Gasteiger partial charge in [-0.3, -0.25) is 0 Å². The summed E-state index contributed by atoms with van der Waals surface area (Å²) in [6, 6.07) is 4.27. The summed E-state index contributed by atoms with van der Waals surface area (Å²) in [5, 5.41) is 9.46. The summed E-state index contributed by atoms with van der Waals surface area (Å²) in [6.45, 7) is 10.6. The summed E-state index contributed by atoms with van der Waals surface area (Å²) >= 11 is 0. The van der Waals surface area contributed by atoms with Crippen LogP contribution in [0.4, 0.5) is 0 Å². The Kier molecular flexibility index (Phi) is 4.21. The average Bonchev–Trinajstić information content (AvgIpc) is 2.27. The second-order valence-electron chi connectivity index (χ2n) is 5.61. The van der Waals surface area contributed by atoms with Crippen LogP contribution in [0, 0.1) is 6.92 Å². The molecule has 0 aromatic heterocycles. The Morgan fingerprint density at radius 1 is 1.29 bits per heavy atom. The standard InChI is InChI=1S/C15H24O2/c1-10(2)13-8-12(15(4,5)9-16)7-11(3)14(13)17-6/h7-8,10,16H,9H2,1-6H3. The highest BCUT2D eigenvalue weighted by Gasteiger charge is 2.22. The Morgan fingerprint density at radius 3 is 2.29 bits per heavy atom. The first kappa shape index (κ1) is 14.0. The Morgan fingerprint density at radius 2 is 1.88 bits per heavy atom. The largest absolute Gasteiger partial charge is 0.496 e. The molecule has 2 nitrogen and oxygen atoms in total. The monoisotopic (exact) mass is 236 g/mol. The van der Waals surface area contributed by atoms with Gasteiger partial charge >= 0.3 is 0 Å². The van der Waals surface area contributed by atoms with Crippen molar-refractivity contribution in [3.8, 4) is 5.75 Å². The maximum Gasteiger partial charge on any atom is 0.125 e. The van der Waals surface area contributed by atoms with Crippen molar-refractivity contribution in [2.75, 3.05) is 13.7 Å². The number of hydrogen-bond donors (Lipinski definition) is 1. The van der Waals surface area contributed by atoms with Crippen molar-refractivity contribution in [2.24, 2.45) is 0 Å². The van der Waals surface area contributed by atoms with Gasteiger partial charge in [0.05, 0.1) is 13.7 Å². The highest BCUT2D eigenvalue weighted by Crippen LogP contribution is 2.35. The molecule has 96 valence electrons. The summed E-state index contributed by atoms with van der Waals surface area (Å²) < 4.78 is 5.48. The molecule has 2 heteroatoms. The fourth-order valence-corrected chi connectivity index (χ4v) is 1.99. The van der Waals surface area contributed by atoms with Crippen molar-refractivity contribution in [2.45, 2.75) is 46.0 Å². The Labute approximate surface area is 105 Å². The molecule has 1 rings (SSSR count). The lowest BCUT2D eigenvalue weighted by atomic mass is 9.82. The van der Waals surface area contributed by atoms with Crippen LogP contribution in [-0.2, 0) is 5.41 Å². The summed E-state index contributed by atoms with van der Waals surface area (Å²) in [7, 11) is 1.71. The Hall–Kier alpha value is -1.02. The molecule has 0 saturated carbocycles. The molecule has 17 heavy (non-hydrogen) atoms. The normalized spacial score (nSPS) is 12.0. The molecule has 0 aliphatic carbocycles. The lowest BCUT2D eigenvalue weighted by Gasteiger charge is -2.25. The fraction of sp³-hybridized carbons (Fsp3) is 0.600. The smallest absolute Gasteiger partial charge is 0.125 e. The maximum absolute atomic E-state index is 9.46. The number of aryl methyl sites for hydroxylation is 1. The molecule has 0 spiro atoms. The van der Waals surface area contributed by atoms with Gasteiger partial charge in [-0.1, -0.05) is 39.8 Å². The van der Waals surface area contributed by atoms with Gasteiger partial charge in [0, 0.05) is 5.41 Å². The van der Waals surface area contributed by atoms with Crippen molar-refractivity contribution >= 4 is 0 Å². The first-order valence-electron chi connectivity index (χ1n) is 6.13. The molecule has 0 heterocycles. The molecular weight excluding hydrogens is 212 g/mol. The fourth-order valence-electron chi connectivity index (χ4n) is 1.99. The number of benzene rings is 1. The molecule has 0 fully saturated rings. The van der Waals surface area contributed by atoms with Gasteiger partial charge in [0.1, 0.15) is 5.75 Å². The van der Waals surface area contributed by atoms with Crippen molar-refractivity contribution in [1.29, 1.82) is 0 Å². The van der Waals surface area contributed by atoms with E-state index in [-0.39, 0.29) is 12.0 Å². The van der Waals surface area contributed by atoms with E-state index in [1.807, 2.05) is 0 Å². The van der Waals surface area contributed by atoms with Gasteiger partial charge in [0.2, 0.25) is 0 Å². The first-order chi connectivity index (χ1) is 7.83. The van der Waals surface area contributed by atoms with Crippen LogP contribution < -0.4 is 4.74 Å². The van der Waals surface area contributed by atoms with Crippen LogP contribution in [0.25, 0.3) is 0 Å². The highest BCUT2D eigenvalue weighted by atomic mass is 16.5. The molecule has 0 bridgehead atoms. The number of methoxy groups -OCH3 is 1. The molecule has 0 aliphatic heterocycles.